The Hall–Kier alpha value is -4.30. The minimum Gasteiger partial charge on any atom is -0.450 e. The van der Waals surface area contributed by atoms with Crippen molar-refractivity contribution in [2.24, 2.45) is 0 Å². The minimum atomic E-state index is -1.75. The predicted molar refractivity (Wildman–Crippen MR) is 142 cm³/mol. The van der Waals surface area contributed by atoms with Gasteiger partial charge in [-0.1, -0.05) is 48.0 Å². The normalized spacial score (nSPS) is 21.8. The Labute approximate surface area is 223 Å². The quantitative estimate of drug-likeness (QED) is 0.388. The molecular weight excluding hydrogens is 499 g/mol. The molecule has 1 aromatic heterocycles. The lowest BCUT2D eigenvalue weighted by atomic mass is 9.83. The van der Waals surface area contributed by atoms with Crippen LogP contribution >= 0.6 is 0 Å². The van der Waals surface area contributed by atoms with Crippen LogP contribution in [0.5, 0.6) is 0 Å². The molecule has 4 aromatic rings. The molecule has 2 atom stereocenters. The topological polar surface area (TPSA) is 80.1 Å². The number of para-hydroxylation sites is 1. The van der Waals surface area contributed by atoms with Gasteiger partial charge in [0.1, 0.15) is 11.4 Å². The number of halogens is 1. The summed E-state index contributed by atoms with van der Waals surface area (Å²) in [6.45, 7) is 2.92. The molecule has 3 aromatic carbocycles. The number of carbonyl (C=O) groups excluding carboxylic acids is 2. The summed E-state index contributed by atoms with van der Waals surface area (Å²) in [6.07, 6.45) is 1.29. The number of hydrogen-bond acceptors (Lipinski definition) is 5. The van der Waals surface area contributed by atoms with Crippen LogP contribution in [-0.4, -0.2) is 36.0 Å². The Morgan fingerprint density at radius 1 is 1.03 bits per heavy atom. The molecule has 4 heterocycles. The average molecular weight is 525 g/mol. The number of fused-ring (bicyclic) bond motifs is 5. The maximum atomic E-state index is 14.8. The van der Waals surface area contributed by atoms with Crippen LogP contribution in [0.1, 0.15) is 45.7 Å². The molecule has 0 N–H and O–H groups in total. The van der Waals surface area contributed by atoms with E-state index in [4.69, 9.17) is 9.15 Å². The van der Waals surface area contributed by atoms with Gasteiger partial charge in [0.05, 0.1) is 29.3 Å². The molecule has 1 saturated heterocycles. The first-order valence-corrected chi connectivity index (χ1v) is 13.1. The van der Waals surface area contributed by atoms with E-state index in [9.17, 15) is 18.8 Å². The van der Waals surface area contributed by atoms with Crippen molar-refractivity contribution in [3.8, 4) is 0 Å². The Morgan fingerprint density at radius 3 is 2.67 bits per heavy atom. The second-order valence-corrected chi connectivity index (χ2v) is 10.4. The monoisotopic (exact) mass is 524 g/mol. The molecule has 0 bridgehead atoms. The van der Waals surface area contributed by atoms with Gasteiger partial charge < -0.3 is 19.0 Å². The van der Waals surface area contributed by atoms with E-state index in [1.54, 1.807) is 17.0 Å². The zero-order valence-corrected chi connectivity index (χ0v) is 21.3. The molecule has 196 valence electrons. The molecule has 1 fully saturated rings. The standard InChI is InChI=1S/C31H25FN2O5/c1-18-6-4-7-19(14-18)16-33-24-10-3-2-9-23(24)31(30(33)37)26-27(35)22-15-20(32)11-12-25(22)39-28(26)29(36)34(31)17-21-8-5-13-38-21/h2-4,6-7,9-12,14-15,21H,5,8,13,16-17H2,1H3. The van der Waals surface area contributed by atoms with E-state index in [-0.39, 0.29) is 41.5 Å². The highest BCUT2D eigenvalue weighted by Gasteiger charge is 2.65. The first kappa shape index (κ1) is 23.8. The van der Waals surface area contributed by atoms with Gasteiger partial charge in [0, 0.05) is 18.7 Å². The summed E-state index contributed by atoms with van der Waals surface area (Å²) in [5.74, 6) is -1.76. The number of carbonyl (C=O) groups is 2. The number of hydrogen-bond donors (Lipinski definition) is 0. The van der Waals surface area contributed by atoms with Crippen molar-refractivity contribution >= 4 is 28.5 Å². The smallest absolute Gasteiger partial charge is 0.291 e. The van der Waals surface area contributed by atoms with Crippen molar-refractivity contribution < 1.29 is 23.1 Å². The fourth-order valence-electron chi connectivity index (χ4n) is 6.36. The second kappa shape index (κ2) is 8.61. The zero-order valence-electron chi connectivity index (χ0n) is 21.3. The van der Waals surface area contributed by atoms with Crippen LogP contribution in [0.3, 0.4) is 0 Å². The van der Waals surface area contributed by atoms with Crippen molar-refractivity contribution in [1.29, 1.82) is 0 Å². The molecule has 39 heavy (non-hydrogen) atoms. The number of ether oxygens (including phenoxy) is 1. The van der Waals surface area contributed by atoms with Crippen LogP contribution in [0, 0.1) is 12.7 Å². The van der Waals surface area contributed by atoms with Crippen molar-refractivity contribution in [3.05, 3.63) is 111 Å². The lowest BCUT2D eigenvalue weighted by Gasteiger charge is -2.35. The molecule has 0 radical (unpaired) electrons. The molecule has 1 spiro atoms. The highest BCUT2D eigenvalue weighted by Crippen LogP contribution is 2.53. The van der Waals surface area contributed by atoms with Gasteiger partial charge in [0.15, 0.2) is 11.0 Å². The third-order valence-corrected chi connectivity index (χ3v) is 8.03. The van der Waals surface area contributed by atoms with Gasteiger partial charge in [-0.05, 0) is 49.6 Å². The maximum absolute atomic E-state index is 14.8. The Morgan fingerprint density at radius 2 is 1.87 bits per heavy atom. The van der Waals surface area contributed by atoms with Crippen LogP contribution in [0.4, 0.5) is 10.1 Å². The summed E-state index contributed by atoms with van der Waals surface area (Å²) < 4.78 is 26.1. The van der Waals surface area contributed by atoms with Crippen molar-refractivity contribution in [3.63, 3.8) is 0 Å². The summed E-state index contributed by atoms with van der Waals surface area (Å²) in [4.78, 5) is 46.0. The fourth-order valence-corrected chi connectivity index (χ4v) is 6.36. The molecule has 0 saturated carbocycles. The van der Waals surface area contributed by atoms with E-state index in [2.05, 4.69) is 0 Å². The van der Waals surface area contributed by atoms with Crippen LogP contribution in [0.2, 0.25) is 0 Å². The fraction of sp³-hybridized carbons (Fsp3) is 0.258. The Balaban J connectivity index is 1.50. The van der Waals surface area contributed by atoms with Gasteiger partial charge in [0.25, 0.3) is 11.8 Å². The van der Waals surface area contributed by atoms with Gasteiger partial charge in [-0.2, -0.15) is 0 Å². The number of rotatable bonds is 4. The molecule has 7 rings (SSSR count). The second-order valence-electron chi connectivity index (χ2n) is 10.4. The summed E-state index contributed by atoms with van der Waals surface area (Å²) >= 11 is 0. The third-order valence-electron chi connectivity index (χ3n) is 8.03. The Kier molecular flexibility index (Phi) is 5.25. The van der Waals surface area contributed by atoms with E-state index in [0.29, 0.717) is 17.9 Å². The minimum absolute atomic E-state index is 0.0118. The van der Waals surface area contributed by atoms with Gasteiger partial charge in [-0.25, -0.2) is 4.39 Å². The molecule has 7 nitrogen and oxygen atoms in total. The summed E-state index contributed by atoms with van der Waals surface area (Å²) in [5.41, 5.74) is 0.799. The molecular formula is C31H25FN2O5. The van der Waals surface area contributed by atoms with Crippen molar-refractivity contribution in [2.45, 2.75) is 38.0 Å². The molecule has 8 heteroatoms. The van der Waals surface area contributed by atoms with Gasteiger partial charge in [-0.3, -0.25) is 14.4 Å². The van der Waals surface area contributed by atoms with E-state index in [0.717, 1.165) is 30.0 Å². The van der Waals surface area contributed by atoms with E-state index in [1.165, 1.54) is 17.0 Å². The van der Waals surface area contributed by atoms with Crippen LogP contribution in [0.25, 0.3) is 11.0 Å². The maximum Gasteiger partial charge on any atom is 0.291 e. The predicted octanol–water partition coefficient (Wildman–Crippen LogP) is 4.67. The lowest BCUT2D eigenvalue weighted by Crippen LogP contribution is -2.55. The van der Waals surface area contributed by atoms with Crippen LogP contribution in [0.15, 0.2) is 75.9 Å². The van der Waals surface area contributed by atoms with E-state index < -0.39 is 28.6 Å². The highest BCUT2D eigenvalue weighted by atomic mass is 19.1. The molecule has 0 aliphatic carbocycles. The number of aryl methyl sites for hydroxylation is 1. The third kappa shape index (κ3) is 3.34. The van der Waals surface area contributed by atoms with Crippen molar-refractivity contribution in [2.75, 3.05) is 18.1 Å². The number of amides is 2. The van der Waals surface area contributed by atoms with Crippen molar-refractivity contribution in [1.82, 2.24) is 4.90 Å². The van der Waals surface area contributed by atoms with Crippen LogP contribution in [-0.2, 0) is 21.6 Å². The van der Waals surface area contributed by atoms with Gasteiger partial charge in [0.2, 0.25) is 5.76 Å². The van der Waals surface area contributed by atoms with Gasteiger partial charge in [-0.15, -0.1) is 0 Å². The Bertz CT molecular complexity index is 1740. The van der Waals surface area contributed by atoms with E-state index in [1.807, 2.05) is 43.3 Å². The SMILES string of the molecule is Cc1cccc(CN2C(=O)C3(c4ccccc42)c2c(oc4ccc(F)cc4c2=O)C(=O)N3CC2CCCO2)c1. The molecule has 3 aliphatic heterocycles. The first-order valence-electron chi connectivity index (χ1n) is 13.1. The molecule has 3 aliphatic rings. The largest absolute Gasteiger partial charge is 0.450 e. The number of anilines is 1. The number of benzene rings is 3. The summed E-state index contributed by atoms with van der Waals surface area (Å²) in [6, 6.07) is 18.7. The molecule has 2 unspecified atom stereocenters. The van der Waals surface area contributed by atoms with E-state index >= 15 is 0 Å². The summed E-state index contributed by atoms with van der Waals surface area (Å²) in [7, 11) is 0. The van der Waals surface area contributed by atoms with Crippen LogP contribution < -0.4 is 10.3 Å². The van der Waals surface area contributed by atoms with Gasteiger partial charge >= 0.3 is 0 Å². The lowest BCUT2D eigenvalue weighted by molar-refractivity contribution is -0.126. The zero-order chi connectivity index (χ0) is 26.9. The highest BCUT2D eigenvalue weighted by molar-refractivity contribution is 6.17. The summed E-state index contributed by atoms with van der Waals surface area (Å²) in [5, 5.41) is -0.0118. The number of nitrogens with zero attached hydrogens (tertiary/aromatic N) is 2. The first-order chi connectivity index (χ1) is 18.9. The molecule has 2 amide bonds. The average Bonchev–Trinajstić information content (AvgIpc) is 3.59.